The van der Waals surface area contributed by atoms with Crippen LogP contribution in [0.5, 0.6) is 0 Å². The minimum absolute atomic E-state index is 0.0814. The van der Waals surface area contributed by atoms with Crippen LogP contribution in [0.2, 0.25) is 0 Å². The van der Waals surface area contributed by atoms with Crippen molar-refractivity contribution in [3.8, 4) is 0 Å². The molecule has 1 amide bonds. The van der Waals surface area contributed by atoms with Gasteiger partial charge in [-0.25, -0.2) is 19.0 Å². The van der Waals surface area contributed by atoms with Gasteiger partial charge in [-0.15, -0.1) is 0 Å². The van der Waals surface area contributed by atoms with Gasteiger partial charge in [0.1, 0.15) is 18.0 Å². The molecule has 2 aliphatic rings. The second kappa shape index (κ2) is 8.26. The van der Waals surface area contributed by atoms with Gasteiger partial charge in [0.2, 0.25) is 5.90 Å². The van der Waals surface area contributed by atoms with Gasteiger partial charge in [-0.05, 0) is 39.0 Å². The molecule has 2 heterocycles. The molecule has 29 heavy (non-hydrogen) atoms. The Bertz CT molecular complexity index is 813. The molecule has 1 atom stereocenters. The van der Waals surface area contributed by atoms with E-state index in [9.17, 15) is 14.0 Å². The van der Waals surface area contributed by atoms with Gasteiger partial charge in [-0.3, -0.25) is 0 Å². The number of methoxy groups -OCH3 is 1. The standard InChI is InChI=1S/C20H26FN3O5/c1-20(2,3)29-19(26)24-9-7-23(8-10-24)16-6-5-13(11-14(16)21)17-22-15(12-28-17)18(25)27-4/h5-6,11,15H,7-10,12H2,1-4H3. The van der Waals surface area contributed by atoms with Crippen LogP contribution in [0.15, 0.2) is 23.2 Å². The molecule has 8 nitrogen and oxygen atoms in total. The minimum Gasteiger partial charge on any atom is -0.475 e. The molecule has 0 bridgehead atoms. The maximum absolute atomic E-state index is 14.7. The minimum atomic E-state index is -0.723. The Morgan fingerprint density at radius 2 is 1.90 bits per heavy atom. The first-order valence-corrected chi connectivity index (χ1v) is 9.49. The highest BCUT2D eigenvalue weighted by molar-refractivity contribution is 5.97. The van der Waals surface area contributed by atoms with Gasteiger partial charge in [0, 0.05) is 31.7 Å². The van der Waals surface area contributed by atoms with Crippen molar-refractivity contribution in [1.29, 1.82) is 0 Å². The van der Waals surface area contributed by atoms with Crippen LogP contribution in [0.1, 0.15) is 26.3 Å². The van der Waals surface area contributed by atoms with Crippen molar-refractivity contribution >= 4 is 23.6 Å². The third kappa shape index (κ3) is 4.96. The van der Waals surface area contributed by atoms with Crippen molar-refractivity contribution < 1.29 is 28.2 Å². The summed E-state index contributed by atoms with van der Waals surface area (Å²) in [6.07, 6.45) is -0.357. The number of carbonyl (C=O) groups excluding carboxylic acids is 2. The predicted molar refractivity (Wildman–Crippen MR) is 105 cm³/mol. The van der Waals surface area contributed by atoms with E-state index >= 15 is 0 Å². The van der Waals surface area contributed by atoms with Gasteiger partial charge in [0.15, 0.2) is 6.04 Å². The Hall–Kier alpha value is -2.84. The van der Waals surface area contributed by atoms with Gasteiger partial charge < -0.3 is 24.0 Å². The van der Waals surface area contributed by atoms with Crippen LogP contribution in [-0.4, -0.2) is 74.4 Å². The van der Waals surface area contributed by atoms with E-state index in [0.29, 0.717) is 37.4 Å². The normalized spacial score (nSPS) is 19.5. The van der Waals surface area contributed by atoms with Crippen molar-refractivity contribution in [1.82, 2.24) is 4.90 Å². The first kappa shape index (κ1) is 20.9. The SMILES string of the molecule is COC(=O)C1COC(c2ccc(N3CCN(C(=O)OC(C)(C)C)CC3)c(F)c2)=N1. The summed E-state index contributed by atoms with van der Waals surface area (Å²) < 4.78 is 30.2. The molecule has 9 heteroatoms. The highest BCUT2D eigenvalue weighted by Gasteiger charge is 2.29. The largest absolute Gasteiger partial charge is 0.475 e. The summed E-state index contributed by atoms with van der Waals surface area (Å²) in [5, 5.41) is 0. The number of anilines is 1. The molecule has 0 saturated carbocycles. The summed E-state index contributed by atoms with van der Waals surface area (Å²) in [4.78, 5) is 31.4. The zero-order valence-electron chi connectivity index (χ0n) is 17.1. The smallest absolute Gasteiger partial charge is 0.410 e. The number of benzene rings is 1. The summed E-state index contributed by atoms with van der Waals surface area (Å²) in [5.74, 6) is -0.679. The predicted octanol–water partition coefficient (Wildman–Crippen LogP) is 2.20. The zero-order valence-corrected chi connectivity index (χ0v) is 17.1. The number of ether oxygens (including phenoxy) is 3. The highest BCUT2D eigenvalue weighted by Crippen LogP contribution is 2.24. The molecule has 0 radical (unpaired) electrons. The number of hydrogen-bond donors (Lipinski definition) is 0. The molecule has 0 aromatic heterocycles. The molecule has 3 rings (SSSR count). The van der Waals surface area contributed by atoms with Gasteiger partial charge in [0.05, 0.1) is 12.8 Å². The van der Waals surface area contributed by atoms with E-state index in [1.54, 1.807) is 17.0 Å². The summed E-state index contributed by atoms with van der Waals surface area (Å²) in [6.45, 7) is 7.45. The summed E-state index contributed by atoms with van der Waals surface area (Å²) >= 11 is 0. The second-order valence-electron chi connectivity index (χ2n) is 7.90. The number of hydrogen-bond acceptors (Lipinski definition) is 7. The van der Waals surface area contributed by atoms with E-state index in [1.807, 2.05) is 25.7 Å². The fourth-order valence-electron chi connectivity index (χ4n) is 3.14. The van der Waals surface area contributed by atoms with Crippen molar-refractivity contribution in [3.63, 3.8) is 0 Å². The third-order valence-corrected chi connectivity index (χ3v) is 4.59. The molecular formula is C20H26FN3O5. The highest BCUT2D eigenvalue weighted by atomic mass is 19.1. The molecule has 0 N–H and O–H groups in total. The van der Waals surface area contributed by atoms with Crippen LogP contribution in [0.25, 0.3) is 0 Å². The second-order valence-corrected chi connectivity index (χ2v) is 7.90. The third-order valence-electron chi connectivity index (χ3n) is 4.59. The lowest BCUT2D eigenvalue weighted by Crippen LogP contribution is -2.50. The molecule has 1 fully saturated rings. The quantitative estimate of drug-likeness (QED) is 0.715. The van der Waals surface area contributed by atoms with Crippen LogP contribution >= 0.6 is 0 Å². The number of halogens is 1. The number of rotatable bonds is 3. The number of amides is 1. The number of esters is 1. The molecule has 0 spiro atoms. The van der Waals surface area contributed by atoms with E-state index in [2.05, 4.69) is 9.73 Å². The Morgan fingerprint density at radius 1 is 1.21 bits per heavy atom. The molecule has 1 aromatic rings. The molecule has 2 aliphatic heterocycles. The Kier molecular flexibility index (Phi) is 5.95. The number of aliphatic imine (C=N–C) groups is 1. The van der Waals surface area contributed by atoms with E-state index in [4.69, 9.17) is 9.47 Å². The fourth-order valence-corrected chi connectivity index (χ4v) is 3.14. The van der Waals surface area contributed by atoms with E-state index in [1.165, 1.54) is 13.2 Å². The first-order valence-electron chi connectivity index (χ1n) is 9.49. The summed E-state index contributed by atoms with van der Waals surface area (Å²) in [5.41, 5.74) is 0.361. The molecule has 1 saturated heterocycles. The topological polar surface area (TPSA) is 80.7 Å². The van der Waals surface area contributed by atoms with E-state index < -0.39 is 23.4 Å². The van der Waals surface area contributed by atoms with Crippen molar-refractivity contribution in [3.05, 3.63) is 29.6 Å². The average Bonchev–Trinajstić information content (AvgIpc) is 3.16. The van der Waals surface area contributed by atoms with Crippen molar-refractivity contribution in [2.75, 3.05) is 44.8 Å². The van der Waals surface area contributed by atoms with Crippen molar-refractivity contribution in [2.45, 2.75) is 32.4 Å². The molecule has 1 unspecified atom stereocenters. The number of carbonyl (C=O) groups is 2. The number of piperazine rings is 1. The Balaban J connectivity index is 1.63. The van der Waals surface area contributed by atoms with Gasteiger partial charge in [-0.1, -0.05) is 0 Å². The van der Waals surface area contributed by atoms with Crippen LogP contribution in [-0.2, 0) is 19.0 Å². The lowest BCUT2D eigenvalue weighted by molar-refractivity contribution is -0.142. The zero-order chi connectivity index (χ0) is 21.2. The maximum Gasteiger partial charge on any atom is 0.410 e. The maximum atomic E-state index is 14.7. The summed E-state index contributed by atoms with van der Waals surface area (Å²) in [6, 6.07) is 3.98. The molecule has 1 aromatic carbocycles. The van der Waals surface area contributed by atoms with Crippen LogP contribution in [0.3, 0.4) is 0 Å². The van der Waals surface area contributed by atoms with Crippen LogP contribution < -0.4 is 4.90 Å². The van der Waals surface area contributed by atoms with E-state index in [0.717, 1.165) is 0 Å². The number of nitrogens with zero attached hydrogens (tertiary/aromatic N) is 3. The van der Waals surface area contributed by atoms with Gasteiger partial charge >= 0.3 is 12.1 Å². The lowest BCUT2D eigenvalue weighted by Gasteiger charge is -2.36. The Morgan fingerprint density at radius 3 is 2.48 bits per heavy atom. The monoisotopic (exact) mass is 407 g/mol. The van der Waals surface area contributed by atoms with Crippen LogP contribution in [0.4, 0.5) is 14.9 Å². The van der Waals surface area contributed by atoms with Gasteiger partial charge in [-0.2, -0.15) is 0 Å². The molecule has 0 aliphatic carbocycles. The van der Waals surface area contributed by atoms with Crippen LogP contribution in [0, 0.1) is 5.82 Å². The molecular weight excluding hydrogens is 381 g/mol. The van der Waals surface area contributed by atoms with Gasteiger partial charge in [0.25, 0.3) is 0 Å². The fraction of sp³-hybridized carbons (Fsp3) is 0.550. The lowest BCUT2D eigenvalue weighted by atomic mass is 10.1. The summed E-state index contributed by atoms with van der Waals surface area (Å²) in [7, 11) is 1.28. The Labute approximate surface area is 169 Å². The van der Waals surface area contributed by atoms with E-state index in [-0.39, 0.29) is 18.6 Å². The molecule has 158 valence electrons. The van der Waals surface area contributed by atoms with Crippen molar-refractivity contribution in [2.24, 2.45) is 4.99 Å². The average molecular weight is 407 g/mol. The first-order chi connectivity index (χ1) is 13.7.